The Hall–Kier alpha value is -3.25. The first-order valence-corrected chi connectivity index (χ1v) is 9.33. The van der Waals surface area contributed by atoms with Crippen molar-refractivity contribution in [1.82, 2.24) is 5.32 Å². The number of hydrogen-bond acceptors (Lipinski definition) is 5. The van der Waals surface area contributed by atoms with Gasteiger partial charge < -0.3 is 20.5 Å². The first-order chi connectivity index (χ1) is 14.3. The van der Waals surface area contributed by atoms with Crippen LogP contribution in [-0.2, 0) is 16.1 Å². The van der Waals surface area contributed by atoms with Gasteiger partial charge in [0, 0.05) is 18.3 Å². The third-order valence-corrected chi connectivity index (χ3v) is 4.34. The van der Waals surface area contributed by atoms with E-state index in [9.17, 15) is 18.4 Å². The first kappa shape index (κ1) is 23.0. The summed E-state index contributed by atoms with van der Waals surface area (Å²) in [7, 11) is 3.72. The largest absolute Gasteiger partial charge is 0.489 e. The normalized spacial score (nSPS) is 11.7. The molecule has 0 aliphatic carbocycles. The molecule has 0 fully saturated rings. The van der Waals surface area contributed by atoms with Crippen molar-refractivity contribution in [2.45, 2.75) is 6.54 Å². The minimum Gasteiger partial charge on any atom is -0.489 e. The maximum atomic E-state index is 14.2. The lowest BCUT2D eigenvalue weighted by molar-refractivity contribution is -0.118. The molecular weight excluding hydrogens is 413 g/mol. The molecule has 0 aliphatic rings. The molecule has 1 unspecified atom stereocenters. The highest BCUT2D eigenvalue weighted by molar-refractivity contribution is 7.27. The highest BCUT2D eigenvalue weighted by Gasteiger charge is 2.14. The Morgan fingerprint density at radius 1 is 1.20 bits per heavy atom. The summed E-state index contributed by atoms with van der Waals surface area (Å²) in [5.41, 5.74) is 5.28. The average molecular weight is 434 g/mol. The zero-order valence-electron chi connectivity index (χ0n) is 16.2. The molecule has 1 amide bonds. The Labute approximate surface area is 174 Å². The van der Waals surface area contributed by atoms with Crippen molar-refractivity contribution in [2.75, 3.05) is 13.7 Å². The van der Waals surface area contributed by atoms with Gasteiger partial charge in [0.25, 0.3) is 5.91 Å². The molecule has 2 aromatic carbocycles. The van der Waals surface area contributed by atoms with Crippen LogP contribution in [0.3, 0.4) is 0 Å². The van der Waals surface area contributed by atoms with E-state index >= 15 is 0 Å². The summed E-state index contributed by atoms with van der Waals surface area (Å²) in [5.74, 6) is -2.36. The van der Waals surface area contributed by atoms with Crippen LogP contribution in [0, 0.1) is 5.82 Å². The smallest absolute Gasteiger partial charge is 0.337 e. The van der Waals surface area contributed by atoms with Crippen molar-refractivity contribution < 1.29 is 27.8 Å². The number of amides is 1. The quantitative estimate of drug-likeness (QED) is 0.288. The fourth-order valence-electron chi connectivity index (χ4n) is 2.34. The van der Waals surface area contributed by atoms with Gasteiger partial charge in [0.05, 0.1) is 18.2 Å². The summed E-state index contributed by atoms with van der Waals surface area (Å²) in [6.07, 6.45) is 1.65. The highest BCUT2D eigenvalue weighted by Crippen LogP contribution is 2.14. The van der Waals surface area contributed by atoms with Gasteiger partial charge in [0.15, 0.2) is 0 Å². The maximum absolute atomic E-state index is 14.2. The highest BCUT2D eigenvalue weighted by atomic mass is 31.0. The fourth-order valence-corrected chi connectivity index (χ4v) is 2.53. The summed E-state index contributed by atoms with van der Waals surface area (Å²) in [6, 6.07) is 10.7. The molecule has 0 saturated heterocycles. The standard InChI is InChI=1S/C21H21F2N2O4P/c1-28-21(27)13-2-3-14(19(23)9-13)11-25-20(26)15(8-16(22)10-24)12-29-17-4-6-18(30)7-5-17/h2-10H,11-12,24,30H2,1H3,(H,25,26)/b15-8+,16-10+. The SMILES string of the molecule is COC(=O)c1ccc(CNC(=O)/C(=C/C(F)=C\N)COc2ccc(P)cc2)c(F)c1. The van der Waals surface area contributed by atoms with Crippen LogP contribution in [0.1, 0.15) is 15.9 Å². The molecule has 0 aromatic heterocycles. The van der Waals surface area contributed by atoms with Gasteiger partial charge in [-0.15, -0.1) is 9.24 Å². The Bertz CT molecular complexity index is 975. The number of esters is 1. The molecule has 0 aliphatic heterocycles. The Morgan fingerprint density at radius 3 is 2.50 bits per heavy atom. The molecule has 6 nitrogen and oxygen atoms in total. The minimum absolute atomic E-state index is 0.0456. The summed E-state index contributed by atoms with van der Waals surface area (Å²) in [4.78, 5) is 23.9. The second-order valence-electron chi connectivity index (χ2n) is 6.06. The molecule has 30 heavy (non-hydrogen) atoms. The molecule has 2 rings (SSSR count). The number of allylic oxidation sites excluding steroid dienone is 2. The van der Waals surface area contributed by atoms with Crippen LogP contribution >= 0.6 is 9.24 Å². The number of methoxy groups -OCH3 is 1. The van der Waals surface area contributed by atoms with E-state index in [1.807, 2.05) is 0 Å². The van der Waals surface area contributed by atoms with E-state index in [1.54, 1.807) is 24.3 Å². The van der Waals surface area contributed by atoms with E-state index in [0.717, 1.165) is 17.4 Å². The van der Waals surface area contributed by atoms with Crippen LogP contribution in [-0.4, -0.2) is 25.6 Å². The van der Waals surface area contributed by atoms with Crippen LogP contribution in [0.25, 0.3) is 0 Å². The number of ether oxygens (including phenoxy) is 2. The van der Waals surface area contributed by atoms with Crippen LogP contribution < -0.4 is 21.1 Å². The van der Waals surface area contributed by atoms with Crippen molar-refractivity contribution in [3.8, 4) is 5.75 Å². The second kappa shape index (κ2) is 11.1. The van der Waals surface area contributed by atoms with E-state index in [0.29, 0.717) is 11.9 Å². The van der Waals surface area contributed by atoms with Gasteiger partial charge in [-0.1, -0.05) is 18.2 Å². The molecule has 9 heteroatoms. The van der Waals surface area contributed by atoms with Crippen molar-refractivity contribution in [1.29, 1.82) is 0 Å². The molecule has 3 N–H and O–H groups in total. The average Bonchev–Trinajstić information content (AvgIpc) is 2.75. The lowest BCUT2D eigenvalue weighted by Gasteiger charge is -2.12. The zero-order valence-corrected chi connectivity index (χ0v) is 17.3. The van der Waals surface area contributed by atoms with Gasteiger partial charge in [-0.25, -0.2) is 13.6 Å². The molecule has 0 heterocycles. The molecule has 158 valence electrons. The van der Waals surface area contributed by atoms with Crippen LogP contribution in [0.15, 0.2) is 66.1 Å². The zero-order chi connectivity index (χ0) is 22.1. The number of nitrogens with one attached hydrogen (secondary N) is 1. The molecule has 0 spiro atoms. The van der Waals surface area contributed by atoms with E-state index in [4.69, 9.17) is 10.5 Å². The first-order valence-electron chi connectivity index (χ1n) is 8.75. The van der Waals surface area contributed by atoms with Gasteiger partial charge in [-0.2, -0.15) is 0 Å². The molecule has 2 aromatic rings. The topological polar surface area (TPSA) is 90.7 Å². The number of benzene rings is 2. The third-order valence-electron chi connectivity index (χ3n) is 3.95. The van der Waals surface area contributed by atoms with E-state index in [2.05, 4.69) is 19.3 Å². The molecule has 0 radical (unpaired) electrons. The lowest BCUT2D eigenvalue weighted by atomic mass is 10.1. The van der Waals surface area contributed by atoms with E-state index in [-0.39, 0.29) is 29.9 Å². The minimum atomic E-state index is -0.822. The Balaban J connectivity index is 2.08. The Kier molecular flexibility index (Phi) is 8.50. The number of rotatable bonds is 8. The predicted octanol–water partition coefficient (Wildman–Crippen LogP) is 2.50. The molecule has 0 saturated carbocycles. The van der Waals surface area contributed by atoms with Gasteiger partial charge >= 0.3 is 5.97 Å². The summed E-state index contributed by atoms with van der Waals surface area (Å²) < 4.78 is 37.8. The maximum Gasteiger partial charge on any atom is 0.337 e. The van der Waals surface area contributed by atoms with Crippen molar-refractivity contribution in [3.05, 3.63) is 83.1 Å². The number of halogens is 2. The number of carbonyl (C=O) groups is 2. The molecule has 1 atom stereocenters. The molecular formula is C21H21F2N2O4P. The Morgan fingerprint density at radius 2 is 1.90 bits per heavy atom. The van der Waals surface area contributed by atoms with Crippen molar-refractivity contribution in [3.63, 3.8) is 0 Å². The monoisotopic (exact) mass is 434 g/mol. The lowest BCUT2D eigenvalue weighted by Crippen LogP contribution is -2.27. The van der Waals surface area contributed by atoms with E-state index < -0.39 is 23.5 Å². The third kappa shape index (κ3) is 6.67. The summed E-state index contributed by atoms with van der Waals surface area (Å²) >= 11 is 0. The van der Waals surface area contributed by atoms with Gasteiger partial charge in [-0.3, -0.25) is 4.79 Å². The van der Waals surface area contributed by atoms with Crippen molar-refractivity contribution in [2.24, 2.45) is 5.73 Å². The van der Waals surface area contributed by atoms with Crippen LogP contribution in [0.2, 0.25) is 0 Å². The fraction of sp³-hybridized carbons (Fsp3) is 0.143. The molecule has 0 bridgehead atoms. The van der Waals surface area contributed by atoms with Gasteiger partial charge in [-0.05, 0) is 35.6 Å². The van der Waals surface area contributed by atoms with Gasteiger partial charge in [0.1, 0.15) is 24.0 Å². The van der Waals surface area contributed by atoms with Crippen LogP contribution in [0.4, 0.5) is 8.78 Å². The second-order valence-corrected chi connectivity index (χ2v) is 6.73. The van der Waals surface area contributed by atoms with Crippen molar-refractivity contribution >= 4 is 26.4 Å². The summed E-state index contributed by atoms with van der Waals surface area (Å²) in [6.45, 7) is -0.410. The predicted molar refractivity (Wildman–Crippen MR) is 112 cm³/mol. The number of nitrogens with two attached hydrogens (primary N) is 1. The van der Waals surface area contributed by atoms with E-state index in [1.165, 1.54) is 19.2 Å². The number of carbonyl (C=O) groups excluding carboxylic acids is 2. The summed E-state index contributed by atoms with van der Waals surface area (Å²) in [5, 5.41) is 3.45. The van der Waals surface area contributed by atoms with Gasteiger partial charge in [0.2, 0.25) is 0 Å². The van der Waals surface area contributed by atoms with Crippen LogP contribution in [0.5, 0.6) is 5.75 Å². The number of hydrogen-bond donors (Lipinski definition) is 2.